The average Bonchev–Trinajstić information content (AvgIpc) is 2.36. The van der Waals surface area contributed by atoms with Crippen LogP contribution in [0.2, 0.25) is 0 Å². The zero-order valence-electron chi connectivity index (χ0n) is 15.5. The summed E-state index contributed by atoms with van der Waals surface area (Å²) in [6, 6.07) is 0. The van der Waals surface area contributed by atoms with Crippen LogP contribution in [0.25, 0.3) is 0 Å². The van der Waals surface area contributed by atoms with Crippen LogP contribution >= 0.6 is 23.2 Å². The van der Waals surface area contributed by atoms with Crippen molar-refractivity contribution in [3.63, 3.8) is 0 Å². The number of hydrogen-bond donors (Lipinski definition) is 0. The van der Waals surface area contributed by atoms with E-state index in [-0.39, 0.29) is 81.3 Å². The molecule has 8 heteroatoms. The van der Waals surface area contributed by atoms with Gasteiger partial charge < -0.3 is 34.1 Å². The molecule has 0 aliphatic carbocycles. The van der Waals surface area contributed by atoms with E-state index in [0.717, 1.165) is 5.34 Å². The molecule has 0 saturated carbocycles. The molecule has 0 saturated heterocycles. The molecule has 0 fully saturated rings. The van der Waals surface area contributed by atoms with E-state index in [1.54, 1.807) is 24.3 Å². The molecule has 0 bridgehead atoms. The fourth-order valence-corrected chi connectivity index (χ4v) is 0. The topological polar surface area (TPSA) is 52.5 Å². The SMILES string of the molecule is C=CC.C=CC.C=CC.C=CC.CC.ClCCl.O=N[O-].[Ag].[I-].[Na+]. The number of allylic oxidation sites excluding steroid dienone is 4. The number of hydrogen-bond acceptors (Lipinski definition) is 3. The van der Waals surface area contributed by atoms with Gasteiger partial charge in [-0.2, -0.15) is 0 Å². The van der Waals surface area contributed by atoms with Gasteiger partial charge in [0.1, 0.15) is 0 Å². The molecule has 0 aliphatic heterocycles. The summed E-state index contributed by atoms with van der Waals surface area (Å²) in [5.41, 5.74) is 0. The molecule has 23 heavy (non-hydrogen) atoms. The van der Waals surface area contributed by atoms with E-state index < -0.39 is 0 Å². The molecule has 1 radical (unpaired) electrons. The Balaban J connectivity index is -0.0000000105. The number of nitrogens with zero attached hydrogens (tertiary/aromatic N) is 1. The van der Waals surface area contributed by atoms with E-state index in [1.165, 1.54) is 0 Å². The molecule has 0 N–H and O–H groups in total. The van der Waals surface area contributed by atoms with Crippen LogP contribution in [0, 0.1) is 10.1 Å². The van der Waals surface area contributed by atoms with Gasteiger partial charge in [-0.25, -0.2) is 0 Å². The first kappa shape index (κ1) is 64.4. The summed E-state index contributed by atoms with van der Waals surface area (Å²) >= 11 is 9.53. The van der Waals surface area contributed by atoms with Crippen molar-refractivity contribution < 1.29 is 75.9 Å². The second-order valence-electron chi connectivity index (χ2n) is 1.81. The second-order valence-corrected chi connectivity index (χ2v) is 2.62. The predicted molar refractivity (Wildman–Crippen MR) is 101 cm³/mol. The Hall–Kier alpha value is 1.41. The van der Waals surface area contributed by atoms with Crippen molar-refractivity contribution in [2.45, 2.75) is 41.5 Å². The summed E-state index contributed by atoms with van der Waals surface area (Å²) in [4.78, 5) is 8.00. The van der Waals surface area contributed by atoms with E-state index in [9.17, 15) is 0 Å². The minimum Gasteiger partial charge on any atom is -1.00 e. The van der Waals surface area contributed by atoms with Crippen molar-refractivity contribution in [3.05, 3.63) is 60.7 Å². The van der Waals surface area contributed by atoms with Gasteiger partial charge in [0, 0.05) is 22.4 Å². The Morgan fingerprint density at radius 2 is 0.870 bits per heavy atom. The van der Waals surface area contributed by atoms with Crippen LogP contribution in [0.15, 0.2) is 56.0 Å². The van der Waals surface area contributed by atoms with Crippen LogP contribution in [0.5, 0.6) is 0 Å². The minimum absolute atomic E-state index is 0. The fraction of sp³-hybridized carbons (Fsp3) is 0.467. The molecule has 0 rings (SSSR count). The summed E-state index contributed by atoms with van der Waals surface area (Å²) in [7, 11) is 0. The first-order chi connectivity index (χ1) is 9.49. The van der Waals surface area contributed by atoms with Gasteiger partial charge in [-0.1, -0.05) is 38.2 Å². The number of alkyl halides is 2. The van der Waals surface area contributed by atoms with Gasteiger partial charge in [-0.3, -0.25) is 0 Å². The van der Waals surface area contributed by atoms with Crippen LogP contribution in [0.3, 0.4) is 0 Å². The van der Waals surface area contributed by atoms with Gasteiger partial charge in [0.05, 0.1) is 5.34 Å². The maximum Gasteiger partial charge on any atom is 1.00 e. The van der Waals surface area contributed by atoms with E-state index in [0.29, 0.717) is 0 Å². The maximum atomic E-state index is 8.00. The van der Waals surface area contributed by atoms with Gasteiger partial charge in [0.2, 0.25) is 0 Å². The van der Waals surface area contributed by atoms with Gasteiger partial charge in [-0.05, 0) is 27.7 Å². The quantitative estimate of drug-likeness (QED) is 0.108. The van der Waals surface area contributed by atoms with Crippen molar-refractivity contribution in [3.8, 4) is 0 Å². The van der Waals surface area contributed by atoms with Crippen LogP contribution in [0.1, 0.15) is 41.5 Å². The molecule has 0 amide bonds. The van der Waals surface area contributed by atoms with Crippen LogP contribution in [-0.2, 0) is 22.4 Å². The van der Waals surface area contributed by atoms with Gasteiger partial charge in [0.15, 0.2) is 0 Å². The first-order valence-electron chi connectivity index (χ1n) is 5.84. The van der Waals surface area contributed by atoms with Crippen molar-refractivity contribution in [1.82, 2.24) is 0 Å². The molecular weight excluding hydrogens is 555 g/mol. The third-order valence-corrected chi connectivity index (χ3v) is 0. The van der Waals surface area contributed by atoms with Gasteiger partial charge >= 0.3 is 29.6 Å². The summed E-state index contributed by atoms with van der Waals surface area (Å²) < 4.78 is 0. The molecule has 0 aromatic heterocycles. The molecule has 3 nitrogen and oxygen atoms in total. The van der Waals surface area contributed by atoms with Crippen molar-refractivity contribution in [2.75, 3.05) is 5.34 Å². The van der Waals surface area contributed by atoms with Crippen LogP contribution in [0.4, 0.5) is 0 Å². The Morgan fingerprint density at radius 3 is 0.870 bits per heavy atom. The Morgan fingerprint density at radius 1 is 0.870 bits per heavy atom. The number of rotatable bonds is 0. The largest absolute Gasteiger partial charge is 1.00 e. The normalized spacial score (nSPS) is 3.83. The first-order valence-corrected chi connectivity index (χ1v) is 6.91. The molecule has 0 heterocycles. The minimum atomic E-state index is 0. The summed E-state index contributed by atoms with van der Waals surface area (Å²) in [5.74, 6) is 0. The zero-order valence-corrected chi connectivity index (χ0v) is 22.7. The molecule has 0 aromatic rings. The van der Waals surface area contributed by atoms with Crippen molar-refractivity contribution in [1.29, 1.82) is 0 Å². The maximum absolute atomic E-state index is 8.00. The zero-order chi connectivity index (χ0) is 18.2. The van der Waals surface area contributed by atoms with Crippen molar-refractivity contribution >= 4 is 23.2 Å². The Bertz CT molecular complexity index is 125. The summed E-state index contributed by atoms with van der Waals surface area (Å²) in [6.07, 6.45) is 7.00. The Kier molecular flexibility index (Phi) is 600. The molecule has 0 atom stereocenters. The third kappa shape index (κ3) is 5400. The summed E-state index contributed by atoms with van der Waals surface area (Å²) in [6.45, 7) is 25.0. The van der Waals surface area contributed by atoms with E-state index in [4.69, 9.17) is 33.3 Å². The number of halogens is 3. The third-order valence-electron chi connectivity index (χ3n) is 0. The monoisotopic (exact) mass is 585 g/mol. The van der Waals surface area contributed by atoms with Crippen LogP contribution < -0.4 is 53.5 Å². The van der Waals surface area contributed by atoms with Crippen LogP contribution in [-0.4, -0.2) is 5.34 Å². The molecular formula is C15H32AgCl2INNaO2-. The summed E-state index contributed by atoms with van der Waals surface area (Å²) in [5, 5.41) is 9.19. The average molecular weight is 587 g/mol. The molecule has 0 aliphatic rings. The smallest absolute Gasteiger partial charge is 1.00 e. The molecule has 0 spiro atoms. The Labute approximate surface area is 209 Å². The molecule has 0 unspecified atom stereocenters. The van der Waals surface area contributed by atoms with E-state index in [1.807, 2.05) is 41.5 Å². The second kappa shape index (κ2) is 214. The van der Waals surface area contributed by atoms with E-state index >= 15 is 0 Å². The van der Waals surface area contributed by atoms with Gasteiger partial charge in [0.25, 0.3) is 0 Å². The fourth-order valence-electron chi connectivity index (χ4n) is 0. The standard InChI is InChI=1S/4C3H6.C2H6.CH2Cl2.Ag.HI.HNO2.Na/c4*1-3-2;1-2;2-1-3;;;2-1-3;/h4*3H,1H2,2H3;1-2H3;1H2;;1H;(H,2,3);/q;;;;;;;;;+1/p-2. The molecule has 0 aromatic carbocycles. The molecule has 143 valence electrons. The van der Waals surface area contributed by atoms with Crippen molar-refractivity contribution in [2.24, 2.45) is 5.34 Å². The predicted octanol–water partition coefficient (Wildman–Crippen LogP) is 1.47. The van der Waals surface area contributed by atoms with E-state index in [2.05, 4.69) is 26.3 Å². The van der Waals surface area contributed by atoms with Gasteiger partial charge in [-0.15, -0.1) is 54.9 Å².